The maximum absolute atomic E-state index is 8.93. The number of benzene rings is 1. The predicted octanol–water partition coefficient (Wildman–Crippen LogP) is 1.58. The molecule has 17 heavy (non-hydrogen) atoms. The van der Waals surface area contributed by atoms with Crippen molar-refractivity contribution in [1.29, 1.82) is 0 Å². The number of halogens is 1. The van der Waals surface area contributed by atoms with E-state index in [-0.39, 0.29) is 12.7 Å². The second-order valence-corrected chi connectivity index (χ2v) is 4.79. The standard InChI is InChI=1S/C13H18ClNO2/c14-12-3-1-2-11(8-12)9-13-10-15(4-6-16)5-7-17-13/h1-3,8,13,16H,4-7,9-10H2/t13-/m1/s1. The van der Waals surface area contributed by atoms with Crippen molar-refractivity contribution >= 4 is 11.6 Å². The second kappa shape index (κ2) is 6.36. The van der Waals surface area contributed by atoms with Gasteiger partial charge in [-0.25, -0.2) is 0 Å². The van der Waals surface area contributed by atoms with Gasteiger partial charge in [0.15, 0.2) is 0 Å². The van der Waals surface area contributed by atoms with Gasteiger partial charge in [-0.05, 0) is 24.1 Å². The van der Waals surface area contributed by atoms with E-state index in [9.17, 15) is 0 Å². The molecule has 3 nitrogen and oxygen atoms in total. The molecular formula is C13H18ClNO2. The monoisotopic (exact) mass is 255 g/mol. The lowest BCUT2D eigenvalue weighted by atomic mass is 10.1. The Bertz CT molecular complexity index is 357. The maximum atomic E-state index is 8.93. The van der Waals surface area contributed by atoms with E-state index in [4.69, 9.17) is 21.4 Å². The van der Waals surface area contributed by atoms with Crippen molar-refractivity contribution in [1.82, 2.24) is 4.90 Å². The molecule has 0 amide bonds. The number of β-amino-alcohol motifs (C(OH)–C–C–N with tert-alkyl or cyclic N) is 1. The Kier molecular flexibility index (Phi) is 4.80. The Morgan fingerprint density at radius 3 is 3.12 bits per heavy atom. The third-order valence-electron chi connectivity index (χ3n) is 2.99. The van der Waals surface area contributed by atoms with Crippen LogP contribution in [0.15, 0.2) is 24.3 Å². The highest BCUT2D eigenvalue weighted by Gasteiger charge is 2.20. The molecule has 94 valence electrons. The molecule has 0 bridgehead atoms. The van der Waals surface area contributed by atoms with Gasteiger partial charge in [-0.15, -0.1) is 0 Å². The predicted molar refractivity (Wildman–Crippen MR) is 68.4 cm³/mol. The molecule has 0 aromatic heterocycles. The first kappa shape index (κ1) is 12.8. The normalized spacial score (nSPS) is 21.6. The number of hydrogen-bond donors (Lipinski definition) is 1. The van der Waals surface area contributed by atoms with Gasteiger partial charge >= 0.3 is 0 Å². The quantitative estimate of drug-likeness (QED) is 0.887. The van der Waals surface area contributed by atoms with Crippen LogP contribution < -0.4 is 0 Å². The summed E-state index contributed by atoms with van der Waals surface area (Å²) in [6.45, 7) is 3.48. The van der Waals surface area contributed by atoms with E-state index in [0.29, 0.717) is 0 Å². The molecule has 4 heteroatoms. The minimum absolute atomic E-state index is 0.203. The number of nitrogens with zero attached hydrogens (tertiary/aromatic N) is 1. The van der Waals surface area contributed by atoms with Crippen LogP contribution in [0.5, 0.6) is 0 Å². The Hall–Kier alpha value is -0.610. The largest absolute Gasteiger partial charge is 0.395 e. The van der Waals surface area contributed by atoms with E-state index in [1.54, 1.807) is 0 Å². The van der Waals surface area contributed by atoms with Crippen molar-refractivity contribution in [2.45, 2.75) is 12.5 Å². The van der Waals surface area contributed by atoms with E-state index in [1.165, 1.54) is 5.56 Å². The molecule has 1 heterocycles. The Morgan fingerprint density at radius 1 is 1.47 bits per heavy atom. The number of morpholine rings is 1. The van der Waals surface area contributed by atoms with Crippen molar-refractivity contribution in [3.8, 4) is 0 Å². The van der Waals surface area contributed by atoms with Gasteiger partial charge < -0.3 is 9.84 Å². The zero-order valence-corrected chi connectivity index (χ0v) is 10.6. The van der Waals surface area contributed by atoms with Gasteiger partial charge in [0, 0.05) is 24.7 Å². The summed E-state index contributed by atoms with van der Waals surface area (Å²) in [7, 11) is 0. The van der Waals surface area contributed by atoms with E-state index < -0.39 is 0 Å². The fourth-order valence-electron chi connectivity index (χ4n) is 2.18. The van der Waals surface area contributed by atoms with Crippen molar-refractivity contribution in [3.63, 3.8) is 0 Å². The molecule has 0 spiro atoms. The van der Waals surface area contributed by atoms with E-state index in [0.717, 1.165) is 37.7 Å². The Balaban J connectivity index is 1.90. The molecule has 0 saturated carbocycles. The van der Waals surface area contributed by atoms with Crippen LogP contribution in [0.2, 0.25) is 5.02 Å². The average molecular weight is 256 g/mol. The molecule has 1 aliphatic heterocycles. The molecule has 2 rings (SSSR count). The summed E-state index contributed by atoms with van der Waals surface area (Å²) in [6, 6.07) is 7.90. The minimum atomic E-state index is 0.203. The summed E-state index contributed by atoms with van der Waals surface area (Å²) in [4.78, 5) is 2.23. The first-order chi connectivity index (χ1) is 8.28. The van der Waals surface area contributed by atoms with Gasteiger partial charge in [0.1, 0.15) is 0 Å². The van der Waals surface area contributed by atoms with Crippen LogP contribution in [0.25, 0.3) is 0 Å². The molecule has 0 radical (unpaired) electrons. The lowest BCUT2D eigenvalue weighted by molar-refractivity contribution is -0.0313. The average Bonchev–Trinajstić information content (AvgIpc) is 2.30. The molecule has 1 atom stereocenters. The smallest absolute Gasteiger partial charge is 0.0742 e. The van der Waals surface area contributed by atoms with Crippen molar-refractivity contribution in [3.05, 3.63) is 34.9 Å². The van der Waals surface area contributed by atoms with E-state index >= 15 is 0 Å². The lowest BCUT2D eigenvalue weighted by Gasteiger charge is -2.32. The fraction of sp³-hybridized carbons (Fsp3) is 0.538. The first-order valence-corrected chi connectivity index (χ1v) is 6.35. The van der Waals surface area contributed by atoms with Gasteiger partial charge in [0.25, 0.3) is 0 Å². The molecule has 1 aliphatic rings. The Labute approximate surface area is 107 Å². The van der Waals surface area contributed by atoms with Crippen molar-refractivity contribution in [2.75, 3.05) is 32.8 Å². The van der Waals surface area contributed by atoms with Gasteiger partial charge in [0.05, 0.1) is 19.3 Å². The molecular weight excluding hydrogens is 238 g/mol. The summed E-state index contributed by atoms with van der Waals surface area (Å²) in [5, 5.41) is 9.70. The number of rotatable bonds is 4. The maximum Gasteiger partial charge on any atom is 0.0742 e. The van der Waals surface area contributed by atoms with Crippen LogP contribution in [0.4, 0.5) is 0 Å². The Morgan fingerprint density at radius 2 is 2.35 bits per heavy atom. The minimum Gasteiger partial charge on any atom is -0.395 e. The summed E-state index contributed by atoms with van der Waals surface area (Å²) in [5.41, 5.74) is 1.20. The molecule has 1 aromatic carbocycles. The fourth-order valence-corrected chi connectivity index (χ4v) is 2.39. The zero-order chi connectivity index (χ0) is 12.1. The van der Waals surface area contributed by atoms with E-state index in [1.807, 2.05) is 18.2 Å². The zero-order valence-electron chi connectivity index (χ0n) is 9.81. The highest BCUT2D eigenvalue weighted by molar-refractivity contribution is 6.30. The van der Waals surface area contributed by atoms with Gasteiger partial charge in [-0.1, -0.05) is 23.7 Å². The summed E-state index contributed by atoms with van der Waals surface area (Å²) < 4.78 is 5.73. The molecule has 1 saturated heterocycles. The summed E-state index contributed by atoms with van der Waals surface area (Å²) >= 11 is 5.96. The highest BCUT2D eigenvalue weighted by atomic mass is 35.5. The molecule has 0 aliphatic carbocycles. The number of aliphatic hydroxyl groups excluding tert-OH is 1. The van der Waals surface area contributed by atoms with Crippen LogP contribution in [0.1, 0.15) is 5.56 Å². The van der Waals surface area contributed by atoms with Crippen LogP contribution in [0.3, 0.4) is 0 Å². The van der Waals surface area contributed by atoms with Gasteiger partial charge in [-0.3, -0.25) is 4.90 Å². The van der Waals surface area contributed by atoms with Crippen LogP contribution >= 0.6 is 11.6 Å². The summed E-state index contributed by atoms with van der Waals surface area (Å²) in [5.74, 6) is 0. The van der Waals surface area contributed by atoms with Crippen molar-refractivity contribution < 1.29 is 9.84 Å². The molecule has 1 N–H and O–H groups in total. The SMILES string of the molecule is OCCN1CCO[C@H](Cc2cccc(Cl)c2)C1. The van der Waals surface area contributed by atoms with Crippen LogP contribution in [0, 0.1) is 0 Å². The van der Waals surface area contributed by atoms with Gasteiger partial charge in [0.2, 0.25) is 0 Å². The molecule has 0 unspecified atom stereocenters. The number of aliphatic hydroxyl groups is 1. The summed E-state index contributed by atoms with van der Waals surface area (Å²) in [6.07, 6.45) is 1.08. The molecule has 1 aromatic rings. The molecule has 1 fully saturated rings. The van der Waals surface area contributed by atoms with Crippen LogP contribution in [-0.4, -0.2) is 49.0 Å². The van der Waals surface area contributed by atoms with Crippen LogP contribution in [-0.2, 0) is 11.2 Å². The topological polar surface area (TPSA) is 32.7 Å². The van der Waals surface area contributed by atoms with Crippen molar-refractivity contribution in [2.24, 2.45) is 0 Å². The number of ether oxygens (including phenoxy) is 1. The third-order valence-corrected chi connectivity index (χ3v) is 3.23. The third kappa shape index (κ3) is 3.96. The lowest BCUT2D eigenvalue weighted by Crippen LogP contribution is -2.44. The first-order valence-electron chi connectivity index (χ1n) is 5.97. The van der Waals surface area contributed by atoms with Gasteiger partial charge in [-0.2, -0.15) is 0 Å². The number of hydrogen-bond acceptors (Lipinski definition) is 3. The second-order valence-electron chi connectivity index (χ2n) is 4.35. The highest BCUT2D eigenvalue weighted by Crippen LogP contribution is 2.15. The van der Waals surface area contributed by atoms with E-state index in [2.05, 4.69) is 11.0 Å².